The van der Waals surface area contributed by atoms with Crippen LogP contribution in [-0.2, 0) is 0 Å². The minimum absolute atomic E-state index is 0.267. The molecule has 2 aromatic heterocycles. The maximum atomic E-state index is 13.1. The summed E-state index contributed by atoms with van der Waals surface area (Å²) in [5.41, 5.74) is 8.21. The van der Waals surface area contributed by atoms with Gasteiger partial charge in [0.05, 0.1) is 10.2 Å². The summed E-state index contributed by atoms with van der Waals surface area (Å²) in [5.74, 6) is -0.0697. The Bertz CT molecular complexity index is 1090. The van der Waals surface area contributed by atoms with E-state index in [1.54, 1.807) is 36.4 Å². The molecule has 1 amide bonds. The fraction of sp³-hybridized carbons (Fsp3) is 0. The van der Waals surface area contributed by atoms with Gasteiger partial charge in [0.25, 0.3) is 0 Å². The number of benzene rings is 2. The van der Waals surface area contributed by atoms with E-state index in [-0.39, 0.29) is 5.82 Å². The zero-order valence-electron chi connectivity index (χ0n) is 13.4. The largest absolute Gasteiger partial charge is 0.366 e. The van der Waals surface area contributed by atoms with Crippen molar-refractivity contribution in [2.45, 2.75) is 0 Å². The number of hydrogen-bond donors (Lipinski definition) is 2. The van der Waals surface area contributed by atoms with Crippen molar-refractivity contribution in [2.75, 3.05) is 5.32 Å². The van der Waals surface area contributed by atoms with Crippen LogP contribution in [0.5, 0.6) is 0 Å². The van der Waals surface area contributed by atoms with E-state index in [4.69, 9.17) is 5.73 Å². The predicted molar refractivity (Wildman–Crippen MR) is 101 cm³/mol. The number of carbonyl (C=O) groups is 1. The quantitative estimate of drug-likeness (QED) is 0.564. The molecular formula is C19H13FN4OS. The number of primary amides is 1. The van der Waals surface area contributed by atoms with Crippen LogP contribution >= 0.6 is 11.3 Å². The molecule has 128 valence electrons. The minimum atomic E-state index is -0.469. The summed E-state index contributed by atoms with van der Waals surface area (Å²) < 4.78 is 14.0. The van der Waals surface area contributed by atoms with Crippen molar-refractivity contribution in [3.63, 3.8) is 0 Å². The van der Waals surface area contributed by atoms with Crippen molar-refractivity contribution in [3.05, 3.63) is 72.3 Å². The lowest BCUT2D eigenvalue weighted by atomic mass is 10.2. The molecular weight excluding hydrogens is 351 g/mol. The zero-order valence-corrected chi connectivity index (χ0v) is 14.3. The van der Waals surface area contributed by atoms with E-state index in [2.05, 4.69) is 15.3 Å². The van der Waals surface area contributed by atoms with E-state index in [1.807, 2.05) is 6.07 Å². The van der Waals surface area contributed by atoms with E-state index in [0.717, 1.165) is 26.3 Å². The third-order valence-electron chi connectivity index (χ3n) is 3.87. The van der Waals surface area contributed by atoms with Crippen LogP contribution in [0.1, 0.15) is 10.4 Å². The van der Waals surface area contributed by atoms with Crippen LogP contribution in [0, 0.1) is 5.82 Å². The monoisotopic (exact) mass is 364 g/mol. The first-order chi connectivity index (χ1) is 12.6. The van der Waals surface area contributed by atoms with Crippen LogP contribution in [0.2, 0.25) is 0 Å². The Morgan fingerprint density at radius 2 is 1.77 bits per heavy atom. The van der Waals surface area contributed by atoms with Crippen LogP contribution in [0.3, 0.4) is 0 Å². The highest BCUT2D eigenvalue weighted by atomic mass is 32.1. The molecule has 0 saturated carbocycles. The van der Waals surface area contributed by atoms with Crippen molar-refractivity contribution in [1.82, 2.24) is 9.97 Å². The Balaban J connectivity index is 1.69. The lowest BCUT2D eigenvalue weighted by Crippen LogP contribution is -2.10. The van der Waals surface area contributed by atoms with Gasteiger partial charge in [0.1, 0.15) is 12.1 Å². The molecule has 5 nitrogen and oxygen atoms in total. The molecule has 4 aromatic rings. The average molecular weight is 364 g/mol. The first kappa shape index (κ1) is 16.2. The van der Waals surface area contributed by atoms with Gasteiger partial charge in [0.2, 0.25) is 5.91 Å². The lowest BCUT2D eigenvalue weighted by Gasteiger charge is -2.06. The van der Waals surface area contributed by atoms with Crippen LogP contribution in [-0.4, -0.2) is 15.9 Å². The number of anilines is 2. The molecule has 2 aromatic carbocycles. The number of nitrogens with zero attached hydrogens (tertiary/aromatic N) is 2. The highest BCUT2D eigenvalue weighted by Gasteiger charge is 2.11. The van der Waals surface area contributed by atoms with Gasteiger partial charge in [-0.25, -0.2) is 14.4 Å². The van der Waals surface area contributed by atoms with Gasteiger partial charge in [0, 0.05) is 16.1 Å². The van der Waals surface area contributed by atoms with Gasteiger partial charge in [-0.2, -0.15) is 0 Å². The van der Waals surface area contributed by atoms with Gasteiger partial charge in [-0.05, 0) is 48.0 Å². The molecule has 0 radical (unpaired) electrons. The molecule has 0 bridgehead atoms. The highest BCUT2D eigenvalue weighted by molar-refractivity contribution is 7.22. The van der Waals surface area contributed by atoms with Crippen molar-refractivity contribution in [1.29, 1.82) is 0 Å². The third-order valence-corrected chi connectivity index (χ3v) is 5.05. The fourth-order valence-corrected chi connectivity index (χ4v) is 3.62. The first-order valence-electron chi connectivity index (χ1n) is 7.77. The van der Waals surface area contributed by atoms with E-state index < -0.39 is 5.91 Å². The van der Waals surface area contributed by atoms with E-state index in [0.29, 0.717) is 11.4 Å². The van der Waals surface area contributed by atoms with E-state index >= 15 is 0 Å². The number of amides is 1. The topological polar surface area (TPSA) is 80.9 Å². The summed E-state index contributed by atoms with van der Waals surface area (Å²) in [7, 11) is 0. The van der Waals surface area contributed by atoms with Crippen LogP contribution in [0.25, 0.3) is 20.7 Å². The second-order valence-electron chi connectivity index (χ2n) is 5.62. The molecule has 3 N–H and O–H groups in total. The molecule has 2 heterocycles. The first-order valence-corrected chi connectivity index (χ1v) is 8.59. The van der Waals surface area contributed by atoms with Crippen molar-refractivity contribution in [2.24, 2.45) is 5.73 Å². The van der Waals surface area contributed by atoms with Crippen molar-refractivity contribution in [3.8, 4) is 10.4 Å². The smallest absolute Gasteiger partial charge is 0.248 e. The number of fused-ring (bicyclic) bond motifs is 1. The molecule has 7 heteroatoms. The summed E-state index contributed by atoms with van der Waals surface area (Å²) in [6.07, 6.45) is 1.49. The number of rotatable bonds is 4. The molecule has 0 spiro atoms. The number of nitrogens with one attached hydrogen (secondary N) is 1. The number of halogens is 1. The summed E-state index contributed by atoms with van der Waals surface area (Å²) in [4.78, 5) is 20.8. The third kappa shape index (κ3) is 3.12. The predicted octanol–water partition coefficient (Wildman–Crippen LogP) is 4.34. The van der Waals surface area contributed by atoms with Gasteiger partial charge >= 0.3 is 0 Å². The van der Waals surface area contributed by atoms with Gasteiger partial charge in [-0.1, -0.05) is 12.1 Å². The van der Waals surface area contributed by atoms with Gasteiger partial charge in [0.15, 0.2) is 5.82 Å². The molecule has 0 fully saturated rings. The molecule has 0 aliphatic rings. The Morgan fingerprint density at radius 1 is 1.04 bits per heavy atom. The molecule has 0 saturated heterocycles. The lowest BCUT2D eigenvalue weighted by molar-refractivity contribution is 0.100. The molecule has 4 rings (SSSR count). The fourth-order valence-electron chi connectivity index (χ4n) is 2.55. The molecule has 0 atom stereocenters. The standard InChI is InChI=1S/C19H13FN4OS/c20-13-5-1-11(2-6-13)16-9-15-17(26-16)19(23-10-22-15)24-14-7-3-12(4-8-14)18(21)25/h1-10H,(H2,21,25)(H,22,23,24). The summed E-state index contributed by atoms with van der Waals surface area (Å²) in [5, 5.41) is 3.23. The highest BCUT2D eigenvalue weighted by Crippen LogP contribution is 2.36. The molecule has 0 aliphatic heterocycles. The van der Waals surface area contributed by atoms with E-state index in [9.17, 15) is 9.18 Å². The Labute approximate surface area is 152 Å². The van der Waals surface area contributed by atoms with E-state index in [1.165, 1.54) is 29.8 Å². The minimum Gasteiger partial charge on any atom is -0.366 e. The number of nitrogens with two attached hydrogens (primary N) is 1. The average Bonchev–Trinajstić information content (AvgIpc) is 3.08. The van der Waals surface area contributed by atoms with Gasteiger partial charge in [-0.3, -0.25) is 4.79 Å². The Morgan fingerprint density at radius 3 is 2.46 bits per heavy atom. The van der Waals surface area contributed by atoms with Gasteiger partial charge in [-0.15, -0.1) is 11.3 Å². The van der Waals surface area contributed by atoms with Crippen LogP contribution in [0.15, 0.2) is 60.9 Å². The zero-order chi connectivity index (χ0) is 18.1. The molecule has 26 heavy (non-hydrogen) atoms. The summed E-state index contributed by atoms with van der Waals surface area (Å²) in [6, 6.07) is 15.1. The number of carbonyl (C=O) groups excluding carboxylic acids is 1. The number of aromatic nitrogens is 2. The van der Waals surface area contributed by atoms with Crippen molar-refractivity contribution < 1.29 is 9.18 Å². The number of hydrogen-bond acceptors (Lipinski definition) is 5. The SMILES string of the molecule is NC(=O)c1ccc(Nc2ncnc3cc(-c4ccc(F)cc4)sc23)cc1. The summed E-state index contributed by atoms with van der Waals surface area (Å²) >= 11 is 1.53. The number of thiophene rings is 1. The Kier molecular flexibility index (Phi) is 4.06. The second-order valence-corrected chi connectivity index (χ2v) is 6.67. The summed E-state index contributed by atoms with van der Waals surface area (Å²) in [6.45, 7) is 0. The molecule has 0 aliphatic carbocycles. The van der Waals surface area contributed by atoms with Gasteiger partial charge < -0.3 is 11.1 Å². The molecule has 0 unspecified atom stereocenters. The normalized spacial score (nSPS) is 10.8. The maximum absolute atomic E-state index is 13.1. The van der Waals surface area contributed by atoms with Crippen LogP contribution in [0.4, 0.5) is 15.9 Å². The maximum Gasteiger partial charge on any atom is 0.248 e. The Hall–Kier alpha value is -3.32. The van der Waals surface area contributed by atoms with Crippen molar-refractivity contribution >= 4 is 39.0 Å². The second kappa shape index (κ2) is 6.53. The van der Waals surface area contributed by atoms with Crippen LogP contribution < -0.4 is 11.1 Å².